The highest BCUT2D eigenvalue weighted by Gasteiger charge is 2.43. The van der Waals surface area contributed by atoms with Gasteiger partial charge in [-0.05, 0) is 44.3 Å². The van der Waals surface area contributed by atoms with Crippen LogP contribution in [0.2, 0.25) is 0 Å². The SMILES string of the molecule is CCN1CC[C@H](CF)[C@](C)(COc2nc(N3C[C@H]4CC[C@@H](C3)N4)c3c(OC)nc(-c4c(C#N)c(N)cc(F)c4C(F)(F)F)c(F)c3n2)C1. The summed E-state index contributed by atoms with van der Waals surface area (Å²) in [6, 6.07) is 1.83. The van der Waals surface area contributed by atoms with Crippen molar-refractivity contribution in [3.63, 3.8) is 0 Å². The van der Waals surface area contributed by atoms with E-state index < -0.39 is 63.5 Å². The topological polar surface area (TPSA) is 125 Å². The highest BCUT2D eigenvalue weighted by Crippen LogP contribution is 2.46. The Kier molecular flexibility index (Phi) is 8.97. The van der Waals surface area contributed by atoms with Crippen LogP contribution in [-0.4, -0.2) is 85.1 Å². The van der Waals surface area contributed by atoms with E-state index in [0.29, 0.717) is 32.1 Å². The summed E-state index contributed by atoms with van der Waals surface area (Å²) in [6.45, 7) is 6.29. The number of nitrogens with one attached hydrogen (secondary N) is 1. The highest BCUT2D eigenvalue weighted by molar-refractivity contribution is 5.97. The van der Waals surface area contributed by atoms with Crippen molar-refractivity contribution in [2.24, 2.45) is 11.3 Å². The summed E-state index contributed by atoms with van der Waals surface area (Å²) >= 11 is 0. The number of aromatic nitrogens is 3. The lowest BCUT2D eigenvalue weighted by molar-refractivity contribution is -0.139. The molecule has 0 aliphatic carbocycles. The van der Waals surface area contributed by atoms with Gasteiger partial charge in [0.25, 0.3) is 0 Å². The minimum absolute atomic E-state index is 0.0240. The molecule has 4 atom stereocenters. The average molecular weight is 679 g/mol. The van der Waals surface area contributed by atoms with Gasteiger partial charge < -0.3 is 30.3 Å². The Morgan fingerprint density at radius 3 is 2.46 bits per heavy atom. The number of nitriles is 1. The van der Waals surface area contributed by atoms with Crippen molar-refractivity contribution >= 4 is 22.4 Å². The lowest BCUT2D eigenvalue weighted by Gasteiger charge is -2.44. The minimum atomic E-state index is -5.35. The monoisotopic (exact) mass is 678 g/mol. The maximum absolute atomic E-state index is 16.8. The average Bonchev–Trinajstić information content (AvgIpc) is 3.39. The number of alkyl halides is 4. The molecule has 3 aliphatic heterocycles. The molecule has 6 rings (SSSR count). The van der Waals surface area contributed by atoms with E-state index >= 15 is 4.39 Å². The molecule has 3 N–H and O–H groups in total. The Labute approximate surface area is 273 Å². The van der Waals surface area contributed by atoms with Gasteiger partial charge in [-0.2, -0.15) is 28.4 Å². The number of methoxy groups -OCH3 is 1. The Morgan fingerprint density at radius 1 is 1.15 bits per heavy atom. The second kappa shape index (κ2) is 12.7. The van der Waals surface area contributed by atoms with E-state index in [0.717, 1.165) is 25.9 Å². The molecule has 0 radical (unpaired) electrons. The first kappa shape index (κ1) is 33.8. The van der Waals surface area contributed by atoms with E-state index in [-0.39, 0.29) is 47.7 Å². The maximum atomic E-state index is 16.8. The van der Waals surface area contributed by atoms with Crippen molar-refractivity contribution < 1.29 is 35.8 Å². The molecular weight excluding hydrogens is 642 g/mol. The zero-order valence-corrected chi connectivity index (χ0v) is 26.7. The zero-order chi connectivity index (χ0) is 34.5. The van der Waals surface area contributed by atoms with Gasteiger partial charge in [0, 0.05) is 42.7 Å². The number of piperidine rings is 1. The molecule has 3 aliphatic rings. The summed E-state index contributed by atoms with van der Waals surface area (Å²) in [5.74, 6) is -3.66. The predicted molar refractivity (Wildman–Crippen MR) is 165 cm³/mol. The largest absolute Gasteiger partial charge is 0.480 e. The standard InChI is InChI=1S/C32H36F6N8O2/c1-4-45-8-7-16(10-33)31(2,14-45)15-48-30-43-27-23(28(44-30)46-12-17-5-6-18(13-46)41-17)29(47-3)42-26(25(27)35)22-19(11-39)21(40)9-20(34)24(22)32(36,37)38/h9,16-18,41H,4-8,10,12-15,40H2,1-3H3/t16-,17-,18+,31+/m1/s1. The summed E-state index contributed by atoms with van der Waals surface area (Å²) in [5.41, 5.74) is -0.965. The lowest BCUT2D eigenvalue weighted by Crippen LogP contribution is -2.51. The fourth-order valence-corrected chi connectivity index (χ4v) is 7.32. The smallest absolute Gasteiger partial charge is 0.419 e. The second-order valence-electron chi connectivity index (χ2n) is 13.0. The second-order valence-corrected chi connectivity index (χ2v) is 13.0. The number of nitrogen functional groups attached to an aromatic ring is 1. The molecule has 10 nitrogen and oxygen atoms in total. The molecule has 0 unspecified atom stereocenters. The van der Waals surface area contributed by atoms with E-state index in [1.807, 2.05) is 18.7 Å². The normalized spacial score (nSPS) is 24.6. The van der Waals surface area contributed by atoms with Crippen LogP contribution in [0.15, 0.2) is 6.07 Å². The van der Waals surface area contributed by atoms with Gasteiger partial charge in [-0.15, -0.1) is 0 Å². The molecule has 2 aromatic heterocycles. The van der Waals surface area contributed by atoms with Crippen molar-refractivity contribution in [3.8, 4) is 29.2 Å². The van der Waals surface area contributed by atoms with Crippen LogP contribution in [0.3, 0.4) is 0 Å². The fourth-order valence-electron chi connectivity index (χ4n) is 7.32. The third kappa shape index (κ3) is 5.91. The van der Waals surface area contributed by atoms with Gasteiger partial charge in [-0.3, -0.25) is 4.39 Å². The van der Waals surface area contributed by atoms with Gasteiger partial charge in [0.05, 0.1) is 31.6 Å². The molecule has 48 heavy (non-hydrogen) atoms. The number of nitrogens with zero attached hydrogens (tertiary/aromatic N) is 6. The summed E-state index contributed by atoms with van der Waals surface area (Å²) in [6.07, 6.45) is -2.94. The zero-order valence-electron chi connectivity index (χ0n) is 26.7. The van der Waals surface area contributed by atoms with Crippen molar-refractivity contribution in [1.29, 1.82) is 5.26 Å². The first-order chi connectivity index (χ1) is 22.8. The Balaban J connectivity index is 1.56. The molecule has 0 spiro atoms. The van der Waals surface area contributed by atoms with Crippen molar-refractivity contribution in [1.82, 2.24) is 25.2 Å². The summed E-state index contributed by atoms with van der Waals surface area (Å²) in [7, 11) is 1.19. The quantitative estimate of drug-likeness (QED) is 0.246. The van der Waals surface area contributed by atoms with Gasteiger partial charge >= 0.3 is 12.2 Å². The van der Waals surface area contributed by atoms with Crippen LogP contribution in [0.1, 0.15) is 44.2 Å². The van der Waals surface area contributed by atoms with Gasteiger partial charge in [0.15, 0.2) is 5.82 Å². The van der Waals surface area contributed by atoms with Crippen molar-refractivity contribution in [2.45, 2.75) is 51.4 Å². The lowest BCUT2D eigenvalue weighted by atomic mass is 9.73. The van der Waals surface area contributed by atoms with Crippen LogP contribution in [0, 0.1) is 34.3 Å². The highest BCUT2D eigenvalue weighted by atomic mass is 19.4. The van der Waals surface area contributed by atoms with Crippen LogP contribution >= 0.6 is 0 Å². The van der Waals surface area contributed by atoms with Gasteiger partial charge in [-0.25, -0.2) is 13.8 Å². The van der Waals surface area contributed by atoms with E-state index in [2.05, 4.69) is 25.2 Å². The van der Waals surface area contributed by atoms with Crippen LogP contribution in [0.25, 0.3) is 22.2 Å². The van der Waals surface area contributed by atoms with E-state index in [4.69, 9.17) is 15.2 Å². The van der Waals surface area contributed by atoms with Gasteiger partial charge in [-0.1, -0.05) is 13.8 Å². The Morgan fingerprint density at radius 2 is 1.85 bits per heavy atom. The molecule has 3 fully saturated rings. The van der Waals surface area contributed by atoms with Crippen LogP contribution < -0.4 is 25.4 Å². The number of ether oxygens (including phenoxy) is 2. The summed E-state index contributed by atoms with van der Waals surface area (Å²) < 4.78 is 100. The van der Waals surface area contributed by atoms with E-state index in [1.54, 1.807) is 0 Å². The van der Waals surface area contributed by atoms with Crippen LogP contribution in [0.5, 0.6) is 11.9 Å². The number of fused-ring (bicyclic) bond motifs is 3. The number of piperazine rings is 1. The number of hydrogen-bond acceptors (Lipinski definition) is 10. The molecule has 258 valence electrons. The number of anilines is 2. The predicted octanol–water partition coefficient (Wildman–Crippen LogP) is 5.09. The number of likely N-dealkylation sites (tertiary alicyclic amines) is 1. The molecule has 0 amide bonds. The molecule has 1 aromatic carbocycles. The minimum Gasteiger partial charge on any atom is -0.480 e. The summed E-state index contributed by atoms with van der Waals surface area (Å²) in [4.78, 5) is 17.1. The molecule has 3 aromatic rings. The van der Waals surface area contributed by atoms with Gasteiger partial charge in [0.1, 0.15) is 39.9 Å². The third-order valence-corrected chi connectivity index (χ3v) is 9.89. The van der Waals surface area contributed by atoms with Crippen molar-refractivity contribution in [2.75, 3.05) is 63.7 Å². The molecule has 2 bridgehead atoms. The summed E-state index contributed by atoms with van der Waals surface area (Å²) in [5, 5.41) is 13.3. The molecule has 0 saturated carbocycles. The van der Waals surface area contributed by atoms with E-state index in [1.165, 1.54) is 13.2 Å². The number of pyridine rings is 1. The first-order valence-electron chi connectivity index (χ1n) is 15.8. The molecule has 3 saturated heterocycles. The van der Waals surface area contributed by atoms with Gasteiger partial charge in [0.2, 0.25) is 5.88 Å². The Bertz CT molecular complexity index is 1760. The van der Waals surface area contributed by atoms with Crippen LogP contribution in [-0.2, 0) is 6.18 Å². The molecule has 5 heterocycles. The number of halogens is 6. The van der Waals surface area contributed by atoms with Crippen molar-refractivity contribution in [3.05, 3.63) is 28.8 Å². The third-order valence-electron chi connectivity index (χ3n) is 9.89. The fraction of sp³-hybridized carbons (Fsp3) is 0.562. The number of rotatable bonds is 8. The molecule has 16 heteroatoms. The van der Waals surface area contributed by atoms with E-state index in [9.17, 15) is 27.2 Å². The number of benzene rings is 1. The Hall–Kier alpha value is -4.10. The maximum Gasteiger partial charge on any atom is 0.419 e. The number of hydrogen-bond donors (Lipinski definition) is 2. The van der Waals surface area contributed by atoms with Crippen LogP contribution in [0.4, 0.5) is 37.8 Å². The number of nitrogens with two attached hydrogens (primary N) is 1. The first-order valence-corrected chi connectivity index (χ1v) is 15.8. The molecular formula is C32H36F6N8O2.